The summed E-state index contributed by atoms with van der Waals surface area (Å²) in [5.74, 6) is -0.307. The molecule has 26 heavy (non-hydrogen) atoms. The molecule has 0 amide bonds. The lowest BCUT2D eigenvalue weighted by Crippen LogP contribution is -1.96. The number of methoxy groups -OCH3 is 1. The van der Waals surface area contributed by atoms with Gasteiger partial charge in [0.05, 0.1) is 23.1 Å². The van der Waals surface area contributed by atoms with Crippen molar-refractivity contribution in [2.75, 3.05) is 7.11 Å². The fraction of sp³-hybridized carbons (Fsp3) is 0.118. The van der Waals surface area contributed by atoms with Crippen molar-refractivity contribution in [2.24, 2.45) is 0 Å². The van der Waals surface area contributed by atoms with Crippen LogP contribution in [0.3, 0.4) is 0 Å². The molecule has 0 aliphatic carbocycles. The van der Waals surface area contributed by atoms with Crippen LogP contribution in [0.2, 0.25) is 0 Å². The van der Waals surface area contributed by atoms with E-state index in [-0.39, 0.29) is 12.6 Å². The van der Waals surface area contributed by atoms with Crippen molar-refractivity contribution in [1.82, 2.24) is 9.97 Å². The number of carbonyl (C=O) groups is 1. The third kappa shape index (κ3) is 4.12. The van der Waals surface area contributed by atoms with Gasteiger partial charge in [0, 0.05) is 49.4 Å². The average Bonchev–Trinajstić information content (AvgIpc) is 3.27. The van der Waals surface area contributed by atoms with Crippen LogP contribution in [-0.4, -0.2) is 28.2 Å². The van der Waals surface area contributed by atoms with Gasteiger partial charge < -0.3 is 9.84 Å². The quantitative estimate of drug-likeness (QED) is 0.362. The summed E-state index contributed by atoms with van der Waals surface area (Å²) < 4.78 is 8.59. The Morgan fingerprint density at radius 2 is 1.62 bits per heavy atom. The maximum Gasteiger partial charge on any atom is 0.348 e. The highest BCUT2D eigenvalue weighted by Crippen LogP contribution is 2.31. The maximum atomic E-state index is 11.2. The third-order valence-corrected chi connectivity index (χ3v) is 6.76. The van der Waals surface area contributed by atoms with Gasteiger partial charge in [-0.1, -0.05) is 0 Å². The molecule has 9 heteroatoms. The van der Waals surface area contributed by atoms with Crippen molar-refractivity contribution in [2.45, 2.75) is 6.61 Å². The summed E-state index contributed by atoms with van der Waals surface area (Å²) in [5.41, 5.74) is 0. The first-order valence-electron chi connectivity index (χ1n) is 7.27. The fourth-order valence-electron chi connectivity index (χ4n) is 2.19. The SMILES string of the molecule is COC(=O)c1cc2c(Br)cncc2s1.OCc1cc2c(Br)cncc2s1. The second kappa shape index (κ2) is 8.53. The molecule has 0 saturated heterocycles. The summed E-state index contributed by atoms with van der Waals surface area (Å²) in [4.78, 5) is 20.9. The Labute approximate surface area is 173 Å². The van der Waals surface area contributed by atoms with Gasteiger partial charge in [0.25, 0.3) is 0 Å². The molecule has 0 spiro atoms. The lowest BCUT2D eigenvalue weighted by molar-refractivity contribution is 0.0606. The number of aliphatic hydroxyl groups excluding tert-OH is 1. The monoisotopic (exact) mass is 514 g/mol. The summed E-state index contributed by atoms with van der Waals surface area (Å²) in [7, 11) is 1.38. The molecule has 0 aliphatic heterocycles. The highest BCUT2D eigenvalue weighted by Gasteiger charge is 2.11. The first-order chi connectivity index (χ1) is 12.5. The summed E-state index contributed by atoms with van der Waals surface area (Å²) in [6, 6.07) is 3.78. The predicted molar refractivity (Wildman–Crippen MR) is 112 cm³/mol. The molecule has 0 aromatic carbocycles. The van der Waals surface area contributed by atoms with E-state index in [0.29, 0.717) is 4.88 Å². The lowest BCUT2D eigenvalue weighted by atomic mass is 10.3. The zero-order chi connectivity index (χ0) is 18.7. The highest BCUT2D eigenvalue weighted by atomic mass is 79.9. The molecule has 0 bridgehead atoms. The van der Waals surface area contributed by atoms with Crippen LogP contribution < -0.4 is 0 Å². The van der Waals surface area contributed by atoms with E-state index in [1.165, 1.54) is 18.4 Å². The number of halogens is 2. The number of carbonyl (C=O) groups excluding carboxylic acids is 1. The largest absolute Gasteiger partial charge is 0.465 e. The van der Waals surface area contributed by atoms with Crippen LogP contribution in [0.5, 0.6) is 0 Å². The minimum Gasteiger partial charge on any atom is -0.465 e. The normalized spacial score (nSPS) is 10.6. The van der Waals surface area contributed by atoms with Gasteiger partial charge in [0.2, 0.25) is 0 Å². The molecular formula is C17H12Br2N2O3S2. The van der Waals surface area contributed by atoms with Gasteiger partial charge >= 0.3 is 5.97 Å². The number of aromatic nitrogens is 2. The van der Waals surface area contributed by atoms with E-state index in [1.807, 2.05) is 12.3 Å². The molecule has 0 radical (unpaired) electrons. The van der Waals surface area contributed by atoms with Crippen molar-refractivity contribution in [3.05, 3.63) is 55.6 Å². The van der Waals surface area contributed by atoms with E-state index in [2.05, 4.69) is 46.6 Å². The van der Waals surface area contributed by atoms with Crippen LogP contribution in [0.25, 0.3) is 20.2 Å². The second-order valence-electron chi connectivity index (χ2n) is 5.04. The third-order valence-electron chi connectivity index (χ3n) is 3.39. The molecule has 0 aliphatic rings. The van der Waals surface area contributed by atoms with Gasteiger partial charge in [-0.15, -0.1) is 22.7 Å². The molecule has 0 atom stereocenters. The minimum atomic E-state index is -0.307. The van der Waals surface area contributed by atoms with Crippen LogP contribution in [0.4, 0.5) is 0 Å². The van der Waals surface area contributed by atoms with Crippen molar-refractivity contribution >= 4 is 80.7 Å². The van der Waals surface area contributed by atoms with Gasteiger partial charge in [0.1, 0.15) is 4.88 Å². The molecule has 1 N–H and O–H groups in total. The Bertz CT molecular complexity index is 1080. The van der Waals surface area contributed by atoms with Crippen molar-refractivity contribution in [1.29, 1.82) is 0 Å². The van der Waals surface area contributed by atoms with Crippen LogP contribution in [0, 0.1) is 0 Å². The molecule has 0 fully saturated rings. The van der Waals surface area contributed by atoms with E-state index in [4.69, 9.17) is 5.11 Å². The number of aliphatic hydroxyl groups is 1. The molecule has 134 valence electrons. The number of pyridine rings is 2. The number of hydrogen-bond donors (Lipinski definition) is 1. The molecule has 5 nitrogen and oxygen atoms in total. The van der Waals surface area contributed by atoms with Crippen LogP contribution >= 0.6 is 54.5 Å². The zero-order valence-corrected chi connectivity index (χ0v) is 18.2. The molecular weight excluding hydrogens is 504 g/mol. The summed E-state index contributed by atoms with van der Waals surface area (Å²) >= 11 is 9.72. The molecule has 4 aromatic heterocycles. The van der Waals surface area contributed by atoms with Gasteiger partial charge in [-0.25, -0.2) is 4.79 Å². The van der Waals surface area contributed by atoms with Crippen LogP contribution in [0.1, 0.15) is 14.5 Å². The van der Waals surface area contributed by atoms with E-state index < -0.39 is 0 Å². The number of nitrogens with zero attached hydrogens (tertiary/aromatic N) is 2. The molecule has 4 rings (SSSR count). The Hall–Kier alpha value is -1.39. The van der Waals surface area contributed by atoms with Gasteiger partial charge in [-0.3, -0.25) is 9.97 Å². The average molecular weight is 516 g/mol. The zero-order valence-electron chi connectivity index (χ0n) is 13.4. The summed E-state index contributed by atoms with van der Waals surface area (Å²) in [6.45, 7) is 0.103. The number of thiophene rings is 2. The van der Waals surface area contributed by atoms with Crippen molar-refractivity contribution in [3.63, 3.8) is 0 Å². The standard InChI is InChI=1S/C9H6BrNO2S.C8H6BrNOS/c1-13-9(12)7-2-5-6(10)3-11-4-8(5)14-7;9-7-2-10-3-8-6(7)1-5(4-11)12-8/h2-4H,1H3;1-3,11H,4H2. The minimum absolute atomic E-state index is 0.103. The number of hydrogen-bond acceptors (Lipinski definition) is 7. The number of fused-ring (bicyclic) bond motifs is 2. The van der Waals surface area contributed by atoms with E-state index in [1.54, 1.807) is 36.0 Å². The smallest absolute Gasteiger partial charge is 0.348 e. The molecule has 4 heterocycles. The fourth-order valence-corrected chi connectivity index (χ4v) is 5.23. The Morgan fingerprint density at radius 1 is 1.04 bits per heavy atom. The maximum absolute atomic E-state index is 11.2. The van der Waals surface area contributed by atoms with Gasteiger partial charge in [-0.05, 0) is 44.0 Å². The Morgan fingerprint density at radius 3 is 2.12 bits per heavy atom. The first kappa shape index (κ1) is 19.4. The van der Waals surface area contributed by atoms with Gasteiger partial charge in [0.15, 0.2) is 0 Å². The number of rotatable bonds is 2. The highest BCUT2D eigenvalue weighted by molar-refractivity contribution is 9.11. The first-order valence-corrected chi connectivity index (χ1v) is 10.5. The van der Waals surface area contributed by atoms with Crippen molar-refractivity contribution in [3.8, 4) is 0 Å². The topological polar surface area (TPSA) is 72.3 Å². The summed E-state index contributed by atoms with van der Waals surface area (Å²) in [5, 5.41) is 11.0. The molecule has 4 aromatic rings. The van der Waals surface area contributed by atoms with Crippen LogP contribution in [0.15, 0.2) is 45.9 Å². The second-order valence-corrected chi connectivity index (χ2v) is 9.00. The van der Waals surface area contributed by atoms with E-state index >= 15 is 0 Å². The van der Waals surface area contributed by atoms with Crippen LogP contribution in [-0.2, 0) is 11.3 Å². The van der Waals surface area contributed by atoms with Gasteiger partial charge in [-0.2, -0.15) is 0 Å². The molecule has 0 unspecified atom stereocenters. The number of esters is 1. The lowest BCUT2D eigenvalue weighted by Gasteiger charge is -1.90. The van der Waals surface area contributed by atoms with E-state index in [9.17, 15) is 4.79 Å². The summed E-state index contributed by atoms with van der Waals surface area (Å²) in [6.07, 6.45) is 7.01. The Balaban J connectivity index is 0.000000152. The number of ether oxygens (including phenoxy) is 1. The Kier molecular flexibility index (Phi) is 6.36. The van der Waals surface area contributed by atoms with E-state index in [0.717, 1.165) is 34.0 Å². The van der Waals surface area contributed by atoms with Crippen molar-refractivity contribution < 1.29 is 14.6 Å². The molecule has 0 saturated carbocycles. The predicted octanol–water partition coefficient (Wildman–Crippen LogP) is 5.40.